The molecular weight excluding hydrogens is 422 g/mol. The standard InChI is InChI=1S/C20H25N5O7/c1-29-11-4-10(5-12(30-2)17(11)31-3)6-21-18-14-19(23-8-22-18)25(9-24-14)20-16(28)15(27)13(7-26)32-20/h4-5,8-9,13,15-16,20,26-28H,6-7H2,1-3H3,(H,21,22,23)/t13-,15-,16+,20-/m1/s1. The van der Waals surface area contributed by atoms with Crippen LogP contribution in [0, 0.1) is 0 Å². The Balaban J connectivity index is 1.59. The Bertz CT molecular complexity index is 1070. The van der Waals surface area contributed by atoms with Crippen molar-refractivity contribution in [1.82, 2.24) is 19.5 Å². The van der Waals surface area contributed by atoms with Crippen molar-refractivity contribution in [3.63, 3.8) is 0 Å². The molecule has 12 heteroatoms. The number of aromatic nitrogens is 4. The average molecular weight is 447 g/mol. The number of ether oxygens (including phenoxy) is 4. The molecule has 4 N–H and O–H groups in total. The van der Waals surface area contributed by atoms with Gasteiger partial charge in [0, 0.05) is 6.54 Å². The third kappa shape index (κ3) is 3.77. The Labute approximate surface area is 183 Å². The molecular formula is C20H25N5O7. The van der Waals surface area contributed by atoms with E-state index in [-0.39, 0.29) is 0 Å². The Morgan fingerprint density at radius 3 is 2.34 bits per heavy atom. The second kappa shape index (κ2) is 9.12. The maximum Gasteiger partial charge on any atom is 0.203 e. The molecule has 4 rings (SSSR count). The summed E-state index contributed by atoms with van der Waals surface area (Å²) in [6.45, 7) is -0.0402. The highest BCUT2D eigenvalue weighted by Crippen LogP contribution is 2.38. The van der Waals surface area contributed by atoms with Crippen LogP contribution < -0.4 is 19.5 Å². The summed E-state index contributed by atoms with van der Waals surface area (Å²) in [4.78, 5) is 12.9. The first-order valence-electron chi connectivity index (χ1n) is 9.85. The van der Waals surface area contributed by atoms with Crippen LogP contribution in [0.1, 0.15) is 11.8 Å². The molecule has 1 saturated heterocycles. The van der Waals surface area contributed by atoms with E-state index in [1.807, 2.05) is 12.1 Å². The second-order valence-corrected chi connectivity index (χ2v) is 7.16. The number of anilines is 1. The van der Waals surface area contributed by atoms with E-state index in [1.54, 1.807) is 21.3 Å². The summed E-state index contributed by atoms with van der Waals surface area (Å²) in [5.41, 5.74) is 1.72. The van der Waals surface area contributed by atoms with E-state index in [2.05, 4.69) is 20.3 Å². The second-order valence-electron chi connectivity index (χ2n) is 7.16. The molecule has 3 aromatic rings. The first-order chi connectivity index (χ1) is 15.5. The van der Waals surface area contributed by atoms with Gasteiger partial charge >= 0.3 is 0 Å². The van der Waals surface area contributed by atoms with E-state index >= 15 is 0 Å². The van der Waals surface area contributed by atoms with Crippen LogP contribution in [0.25, 0.3) is 11.2 Å². The predicted octanol–water partition coefficient (Wildman–Crippen LogP) is 0.0757. The van der Waals surface area contributed by atoms with Crippen molar-refractivity contribution in [3.8, 4) is 17.2 Å². The Morgan fingerprint density at radius 1 is 1.03 bits per heavy atom. The van der Waals surface area contributed by atoms with Crippen LogP contribution >= 0.6 is 0 Å². The number of hydrogen-bond acceptors (Lipinski definition) is 11. The largest absolute Gasteiger partial charge is 0.493 e. The highest BCUT2D eigenvalue weighted by atomic mass is 16.6. The topological polar surface area (TPSA) is 153 Å². The number of fused-ring (bicyclic) bond motifs is 1. The van der Waals surface area contributed by atoms with Crippen molar-refractivity contribution < 1.29 is 34.3 Å². The van der Waals surface area contributed by atoms with Crippen LogP contribution in [0.3, 0.4) is 0 Å². The lowest BCUT2D eigenvalue weighted by atomic mass is 10.1. The fourth-order valence-corrected chi connectivity index (χ4v) is 3.70. The quantitative estimate of drug-likeness (QED) is 0.371. The first kappa shape index (κ1) is 22.0. The summed E-state index contributed by atoms with van der Waals surface area (Å²) in [5.74, 6) is 2.03. The van der Waals surface area contributed by atoms with Crippen molar-refractivity contribution in [2.45, 2.75) is 31.1 Å². The van der Waals surface area contributed by atoms with E-state index in [0.29, 0.717) is 40.8 Å². The van der Waals surface area contributed by atoms with Crippen molar-refractivity contribution in [2.24, 2.45) is 0 Å². The number of hydrogen-bond donors (Lipinski definition) is 4. The highest BCUT2D eigenvalue weighted by Gasteiger charge is 2.44. The highest BCUT2D eigenvalue weighted by molar-refractivity contribution is 5.82. The number of methoxy groups -OCH3 is 3. The lowest BCUT2D eigenvalue weighted by molar-refractivity contribution is -0.0511. The lowest BCUT2D eigenvalue weighted by Gasteiger charge is -2.16. The van der Waals surface area contributed by atoms with Gasteiger partial charge in [0.25, 0.3) is 0 Å². The van der Waals surface area contributed by atoms with Crippen molar-refractivity contribution in [2.75, 3.05) is 33.3 Å². The first-order valence-corrected chi connectivity index (χ1v) is 9.85. The fraction of sp³-hybridized carbons (Fsp3) is 0.450. The number of aliphatic hydroxyl groups is 3. The average Bonchev–Trinajstić information content (AvgIpc) is 3.37. The number of rotatable bonds is 8. The van der Waals surface area contributed by atoms with Crippen LogP contribution in [0.4, 0.5) is 5.82 Å². The van der Waals surface area contributed by atoms with Gasteiger partial charge in [-0.2, -0.15) is 0 Å². The van der Waals surface area contributed by atoms with E-state index < -0.39 is 31.1 Å². The Hall–Kier alpha value is -3.19. The summed E-state index contributed by atoms with van der Waals surface area (Å²) in [6, 6.07) is 3.65. The van der Waals surface area contributed by atoms with Crippen LogP contribution in [-0.4, -0.2) is 81.1 Å². The maximum absolute atomic E-state index is 10.3. The SMILES string of the molecule is COc1cc(CNc2ncnc3c2ncn3[C@@H]2O[C@H](CO)[C@@H](O)[C@@H]2O)cc(OC)c1OC. The van der Waals surface area contributed by atoms with Gasteiger partial charge in [-0.3, -0.25) is 4.57 Å². The zero-order chi connectivity index (χ0) is 22.8. The van der Waals surface area contributed by atoms with Crippen LogP contribution in [0.15, 0.2) is 24.8 Å². The monoisotopic (exact) mass is 447 g/mol. The molecule has 12 nitrogen and oxygen atoms in total. The maximum atomic E-state index is 10.3. The van der Waals surface area contributed by atoms with Crippen LogP contribution in [0.5, 0.6) is 17.2 Å². The third-order valence-electron chi connectivity index (χ3n) is 5.33. The van der Waals surface area contributed by atoms with Gasteiger partial charge in [-0.15, -0.1) is 0 Å². The molecule has 1 aromatic carbocycles. The lowest BCUT2D eigenvalue weighted by Crippen LogP contribution is -2.33. The van der Waals surface area contributed by atoms with Gasteiger partial charge in [-0.1, -0.05) is 0 Å². The Kier molecular flexibility index (Phi) is 6.28. The molecule has 0 amide bonds. The molecule has 3 heterocycles. The van der Waals surface area contributed by atoms with E-state index in [9.17, 15) is 15.3 Å². The van der Waals surface area contributed by atoms with E-state index in [1.165, 1.54) is 17.2 Å². The normalized spacial score (nSPS) is 22.8. The number of aliphatic hydroxyl groups excluding tert-OH is 3. The van der Waals surface area contributed by atoms with Crippen molar-refractivity contribution >= 4 is 17.0 Å². The molecule has 0 spiro atoms. The minimum absolute atomic E-state index is 0.379. The van der Waals surface area contributed by atoms with Gasteiger partial charge < -0.3 is 39.6 Å². The predicted molar refractivity (Wildman–Crippen MR) is 112 cm³/mol. The molecule has 1 aliphatic heterocycles. The van der Waals surface area contributed by atoms with Gasteiger partial charge in [0.15, 0.2) is 34.7 Å². The molecule has 0 bridgehead atoms. The molecule has 0 saturated carbocycles. The summed E-state index contributed by atoms with van der Waals surface area (Å²) in [7, 11) is 4.64. The Morgan fingerprint density at radius 2 is 1.75 bits per heavy atom. The molecule has 1 fully saturated rings. The molecule has 0 unspecified atom stereocenters. The third-order valence-corrected chi connectivity index (χ3v) is 5.33. The number of nitrogens with one attached hydrogen (secondary N) is 1. The smallest absolute Gasteiger partial charge is 0.203 e. The molecule has 0 aliphatic carbocycles. The molecule has 172 valence electrons. The number of imidazole rings is 1. The summed E-state index contributed by atoms with van der Waals surface area (Å²) in [6.07, 6.45) is -1.49. The zero-order valence-electron chi connectivity index (χ0n) is 17.8. The van der Waals surface area contributed by atoms with Gasteiger partial charge in [-0.25, -0.2) is 15.0 Å². The summed E-state index contributed by atoms with van der Waals surface area (Å²) < 4.78 is 23.2. The summed E-state index contributed by atoms with van der Waals surface area (Å²) in [5, 5.41) is 32.9. The van der Waals surface area contributed by atoms with Gasteiger partial charge in [0.2, 0.25) is 5.75 Å². The van der Waals surface area contributed by atoms with Crippen molar-refractivity contribution in [3.05, 3.63) is 30.4 Å². The van der Waals surface area contributed by atoms with E-state index in [4.69, 9.17) is 18.9 Å². The molecule has 4 atom stereocenters. The minimum atomic E-state index is -1.24. The van der Waals surface area contributed by atoms with Crippen LogP contribution in [-0.2, 0) is 11.3 Å². The molecule has 1 aliphatic rings. The molecule has 0 radical (unpaired) electrons. The van der Waals surface area contributed by atoms with Gasteiger partial charge in [0.05, 0.1) is 34.3 Å². The van der Waals surface area contributed by atoms with Crippen molar-refractivity contribution in [1.29, 1.82) is 0 Å². The van der Waals surface area contributed by atoms with E-state index in [0.717, 1.165) is 5.56 Å². The fourth-order valence-electron chi connectivity index (χ4n) is 3.70. The van der Waals surface area contributed by atoms with Crippen LogP contribution in [0.2, 0.25) is 0 Å². The van der Waals surface area contributed by atoms with Gasteiger partial charge in [0.1, 0.15) is 24.6 Å². The molecule has 2 aromatic heterocycles. The number of benzene rings is 1. The van der Waals surface area contributed by atoms with Gasteiger partial charge in [-0.05, 0) is 17.7 Å². The molecule has 32 heavy (non-hydrogen) atoms. The summed E-state index contributed by atoms with van der Waals surface area (Å²) >= 11 is 0. The zero-order valence-corrected chi connectivity index (χ0v) is 17.8. The minimum Gasteiger partial charge on any atom is -0.493 e. The number of nitrogens with zero attached hydrogens (tertiary/aromatic N) is 4.